The van der Waals surface area contributed by atoms with Gasteiger partial charge in [-0.15, -0.1) is 0 Å². The van der Waals surface area contributed by atoms with Crippen molar-refractivity contribution in [2.24, 2.45) is 0 Å². The molecule has 1 heterocycles. The number of nitrogens with zero attached hydrogens (tertiary/aromatic N) is 3. The van der Waals surface area contributed by atoms with Crippen molar-refractivity contribution in [2.45, 2.75) is 26.4 Å². The summed E-state index contributed by atoms with van der Waals surface area (Å²) >= 11 is 0. The van der Waals surface area contributed by atoms with Gasteiger partial charge in [-0.05, 0) is 97.6 Å². The standard InChI is InChI=1S/C38H43N3O3/c1-9-41(10-2)31-17-21-33(26(3)23-31)35(27-11-15-29(16-12-27)39(4)5)25-38(28-13-19-32(43-8)20-14-28)36-22-18-30(40(6)7)24-34(36)37(42)44-38/h11-25H,9-10H2,1-8H3/b35-25+. The Bertz CT molecular complexity index is 1670. The fourth-order valence-electron chi connectivity index (χ4n) is 6.00. The average molecular weight is 590 g/mol. The van der Waals surface area contributed by atoms with Gasteiger partial charge in [-0.3, -0.25) is 0 Å². The number of esters is 1. The van der Waals surface area contributed by atoms with E-state index in [0.29, 0.717) is 5.56 Å². The van der Waals surface area contributed by atoms with Crippen molar-refractivity contribution in [1.82, 2.24) is 0 Å². The van der Waals surface area contributed by atoms with Crippen LogP contribution in [0.4, 0.5) is 17.1 Å². The molecule has 1 aliphatic heterocycles. The lowest BCUT2D eigenvalue weighted by atomic mass is 9.81. The predicted molar refractivity (Wildman–Crippen MR) is 183 cm³/mol. The first-order valence-corrected chi connectivity index (χ1v) is 15.2. The van der Waals surface area contributed by atoms with Gasteiger partial charge in [0.15, 0.2) is 5.60 Å². The molecular formula is C38H43N3O3. The largest absolute Gasteiger partial charge is 0.497 e. The molecule has 0 radical (unpaired) electrons. The molecule has 1 atom stereocenters. The molecule has 1 aliphatic rings. The number of fused-ring (bicyclic) bond motifs is 1. The minimum Gasteiger partial charge on any atom is -0.497 e. The highest BCUT2D eigenvalue weighted by molar-refractivity contribution is 5.98. The highest BCUT2D eigenvalue weighted by Gasteiger charge is 2.46. The number of benzene rings is 4. The quantitative estimate of drug-likeness (QED) is 0.178. The maximum atomic E-state index is 13.7. The normalized spacial score (nSPS) is 15.9. The van der Waals surface area contributed by atoms with Gasteiger partial charge in [-0.1, -0.05) is 36.4 Å². The molecule has 4 aromatic rings. The molecule has 6 nitrogen and oxygen atoms in total. The van der Waals surface area contributed by atoms with Crippen molar-refractivity contribution in [3.05, 3.63) is 124 Å². The molecule has 0 saturated carbocycles. The van der Waals surface area contributed by atoms with Crippen LogP contribution in [0.15, 0.2) is 91.0 Å². The summed E-state index contributed by atoms with van der Waals surface area (Å²) in [5.41, 5.74) is 8.60. The SMILES string of the molecule is CCN(CC)c1ccc(/C(=C/C2(c3ccc(OC)cc3)OC(=O)c3cc(N(C)C)ccc32)c2ccc(N(C)C)cc2)c(C)c1. The number of ether oxygens (including phenoxy) is 2. The highest BCUT2D eigenvalue weighted by atomic mass is 16.6. The van der Waals surface area contributed by atoms with E-state index in [1.54, 1.807) is 7.11 Å². The third-order valence-corrected chi connectivity index (χ3v) is 8.58. The molecule has 0 bridgehead atoms. The van der Waals surface area contributed by atoms with E-state index >= 15 is 0 Å². The number of carbonyl (C=O) groups is 1. The van der Waals surface area contributed by atoms with E-state index in [0.717, 1.165) is 63.6 Å². The molecule has 44 heavy (non-hydrogen) atoms. The molecule has 228 valence electrons. The summed E-state index contributed by atoms with van der Waals surface area (Å²) in [5, 5.41) is 0. The van der Waals surface area contributed by atoms with Gasteiger partial charge >= 0.3 is 5.97 Å². The molecule has 0 N–H and O–H groups in total. The zero-order valence-corrected chi connectivity index (χ0v) is 27.1. The molecule has 0 saturated heterocycles. The lowest BCUT2D eigenvalue weighted by Crippen LogP contribution is -2.26. The van der Waals surface area contributed by atoms with E-state index in [2.05, 4.69) is 79.1 Å². The molecule has 0 amide bonds. The molecule has 1 unspecified atom stereocenters. The molecule has 0 aromatic heterocycles. The number of carbonyl (C=O) groups excluding carboxylic acids is 1. The van der Waals surface area contributed by atoms with Crippen LogP contribution in [0.5, 0.6) is 5.75 Å². The van der Waals surface area contributed by atoms with Gasteiger partial charge in [0.2, 0.25) is 0 Å². The minimum atomic E-state index is -1.15. The Hall–Kier alpha value is -4.71. The number of hydrogen-bond donors (Lipinski definition) is 0. The number of cyclic esters (lactones) is 1. The summed E-state index contributed by atoms with van der Waals surface area (Å²) in [7, 11) is 9.67. The van der Waals surface area contributed by atoms with Gasteiger partial charge in [0.25, 0.3) is 0 Å². The number of hydrogen-bond acceptors (Lipinski definition) is 6. The van der Waals surface area contributed by atoms with E-state index in [-0.39, 0.29) is 5.97 Å². The van der Waals surface area contributed by atoms with Crippen LogP contribution in [-0.2, 0) is 10.3 Å². The average Bonchev–Trinajstić information content (AvgIpc) is 3.32. The van der Waals surface area contributed by atoms with Gasteiger partial charge in [0.1, 0.15) is 5.75 Å². The summed E-state index contributed by atoms with van der Waals surface area (Å²) in [4.78, 5) is 20.1. The van der Waals surface area contributed by atoms with E-state index in [4.69, 9.17) is 9.47 Å². The van der Waals surface area contributed by atoms with Crippen LogP contribution >= 0.6 is 0 Å². The summed E-state index contributed by atoms with van der Waals surface area (Å²) in [6.07, 6.45) is 2.14. The second kappa shape index (κ2) is 12.5. The topological polar surface area (TPSA) is 45.3 Å². The van der Waals surface area contributed by atoms with Crippen molar-refractivity contribution in [2.75, 3.05) is 63.1 Å². The maximum absolute atomic E-state index is 13.7. The van der Waals surface area contributed by atoms with Gasteiger partial charge in [0, 0.05) is 69.5 Å². The van der Waals surface area contributed by atoms with Crippen molar-refractivity contribution >= 4 is 28.6 Å². The number of rotatable bonds is 10. The van der Waals surface area contributed by atoms with Crippen molar-refractivity contribution in [3.63, 3.8) is 0 Å². The number of anilines is 3. The Kier molecular flexibility index (Phi) is 8.73. The molecule has 5 rings (SSSR count). The maximum Gasteiger partial charge on any atom is 0.340 e. The van der Waals surface area contributed by atoms with E-state index in [1.165, 1.54) is 5.69 Å². The molecule has 0 fully saturated rings. The van der Waals surface area contributed by atoms with E-state index < -0.39 is 5.60 Å². The Morgan fingerprint density at radius 3 is 1.98 bits per heavy atom. The second-order valence-corrected chi connectivity index (χ2v) is 11.6. The van der Waals surface area contributed by atoms with Crippen LogP contribution < -0.4 is 19.4 Å². The van der Waals surface area contributed by atoms with Crippen LogP contribution in [0, 0.1) is 6.92 Å². The fourth-order valence-corrected chi connectivity index (χ4v) is 6.00. The molecule has 0 aliphatic carbocycles. The lowest BCUT2D eigenvalue weighted by molar-refractivity contribution is 0.0276. The second-order valence-electron chi connectivity index (χ2n) is 11.6. The van der Waals surface area contributed by atoms with Crippen LogP contribution in [0.3, 0.4) is 0 Å². The number of aryl methyl sites for hydroxylation is 1. The van der Waals surface area contributed by atoms with Crippen molar-refractivity contribution in [1.29, 1.82) is 0 Å². The van der Waals surface area contributed by atoms with Gasteiger partial charge < -0.3 is 24.2 Å². The Morgan fingerprint density at radius 1 is 0.795 bits per heavy atom. The van der Waals surface area contributed by atoms with E-state index in [1.807, 2.05) is 75.6 Å². The zero-order chi connectivity index (χ0) is 31.6. The van der Waals surface area contributed by atoms with E-state index in [9.17, 15) is 4.79 Å². The Morgan fingerprint density at radius 2 is 1.41 bits per heavy atom. The molecule has 0 spiro atoms. The first-order valence-electron chi connectivity index (χ1n) is 15.2. The minimum absolute atomic E-state index is 0.341. The van der Waals surface area contributed by atoms with Crippen LogP contribution in [0.25, 0.3) is 5.57 Å². The van der Waals surface area contributed by atoms with Crippen LogP contribution in [-0.4, -0.2) is 54.4 Å². The van der Waals surface area contributed by atoms with Crippen LogP contribution in [0.1, 0.15) is 52.0 Å². The molecule has 4 aromatic carbocycles. The molecular weight excluding hydrogens is 546 g/mol. The summed E-state index contributed by atoms with van der Waals surface area (Å²) in [6, 6.07) is 29.0. The first kappa shape index (κ1) is 30.7. The van der Waals surface area contributed by atoms with Crippen molar-refractivity contribution < 1.29 is 14.3 Å². The fraction of sp³-hybridized carbons (Fsp3) is 0.289. The zero-order valence-electron chi connectivity index (χ0n) is 27.1. The Labute approximate surface area is 262 Å². The Balaban J connectivity index is 1.80. The number of methoxy groups -OCH3 is 1. The highest BCUT2D eigenvalue weighted by Crippen LogP contribution is 2.47. The van der Waals surface area contributed by atoms with Crippen molar-refractivity contribution in [3.8, 4) is 5.75 Å². The molecule has 6 heteroatoms. The van der Waals surface area contributed by atoms with Gasteiger partial charge in [0.05, 0.1) is 12.7 Å². The summed E-state index contributed by atoms with van der Waals surface area (Å²) in [6.45, 7) is 8.38. The summed E-state index contributed by atoms with van der Waals surface area (Å²) in [5.74, 6) is 0.398. The predicted octanol–water partition coefficient (Wildman–Crippen LogP) is 7.53. The monoisotopic (exact) mass is 589 g/mol. The van der Waals surface area contributed by atoms with Gasteiger partial charge in [-0.25, -0.2) is 4.79 Å². The lowest BCUT2D eigenvalue weighted by Gasteiger charge is -2.29. The van der Waals surface area contributed by atoms with Crippen LogP contribution in [0.2, 0.25) is 0 Å². The third-order valence-electron chi connectivity index (χ3n) is 8.58. The first-order chi connectivity index (χ1) is 21.1. The summed E-state index contributed by atoms with van der Waals surface area (Å²) < 4.78 is 12.0. The smallest absolute Gasteiger partial charge is 0.340 e. The van der Waals surface area contributed by atoms with Gasteiger partial charge in [-0.2, -0.15) is 0 Å². The third kappa shape index (κ3) is 5.64.